The molecule has 224 valence electrons. The molecule has 1 N–H and O–H groups in total. The van der Waals surface area contributed by atoms with Gasteiger partial charge in [-0.25, -0.2) is 8.42 Å². The molecular weight excluding hydrogens is 652 g/mol. The number of nitro benzene ring substituents is 1. The molecule has 0 saturated heterocycles. The van der Waals surface area contributed by atoms with Crippen molar-refractivity contribution in [2.45, 2.75) is 38.3 Å². The zero-order valence-electron chi connectivity index (χ0n) is 23.3. The molecule has 3 rings (SSSR count). The Labute approximate surface area is 257 Å². The van der Waals surface area contributed by atoms with Crippen LogP contribution in [0.1, 0.15) is 25.0 Å². The summed E-state index contributed by atoms with van der Waals surface area (Å²) in [6, 6.07) is 13.9. The number of methoxy groups -OCH3 is 1. The highest BCUT2D eigenvalue weighted by Gasteiger charge is 2.34. The van der Waals surface area contributed by atoms with Crippen molar-refractivity contribution in [2.24, 2.45) is 0 Å². The Bertz CT molecular complexity index is 1600. The molecule has 1 atom stereocenters. The molecule has 0 aliphatic carbocycles. The number of benzene rings is 3. The Morgan fingerprint density at radius 1 is 1.14 bits per heavy atom. The number of nitrogens with one attached hydrogen (secondary N) is 1. The minimum absolute atomic E-state index is 0.00680. The number of nitro groups is 1. The van der Waals surface area contributed by atoms with Crippen molar-refractivity contribution in [3.63, 3.8) is 0 Å². The highest BCUT2D eigenvalue weighted by atomic mass is 79.9. The number of carbonyl (C=O) groups excluding carboxylic acids is 2. The molecule has 0 aromatic heterocycles. The van der Waals surface area contributed by atoms with E-state index < -0.39 is 49.9 Å². The van der Waals surface area contributed by atoms with Gasteiger partial charge in [-0.3, -0.25) is 24.0 Å². The Balaban J connectivity index is 2.17. The molecule has 0 bridgehead atoms. The lowest BCUT2D eigenvalue weighted by Gasteiger charge is -2.32. The van der Waals surface area contributed by atoms with E-state index in [-0.39, 0.29) is 28.6 Å². The number of aryl methyl sites for hydroxylation is 1. The summed E-state index contributed by atoms with van der Waals surface area (Å²) in [6.45, 7) is 4.33. The number of nitrogens with zero attached hydrogens (tertiary/aromatic N) is 3. The third kappa shape index (κ3) is 7.58. The van der Waals surface area contributed by atoms with Gasteiger partial charge in [0.15, 0.2) is 0 Å². The van der Waals surface area contributed by atoms with E-state index in [1.807, 2.05) is 6.07 Å². The van der Waals surface area contributed by atoms with E-state index in [2.05, 4.69) is 21.2 Å². The van der Waals surface area contributed by atoms with Crippen LogP contribution in [0.3, 0.4) is 0 Å². The normalized spacial score (nSPS) is 11.9. The molecule has 14 heteroatoms. The van der Waals surface area contributed by atoms with Crippen LogP contribution in [0.2, 0.25) is 5.02 Å². The van der Waals surface area contributed by atoms with Gasteiger partial charge in [0.2, 0.25) is 11.8 Å². The summed E-state index contributed by atoms with van der Waals surface area (Å²) in [6.07, 6.45) is 0. The number of hydrogen-bond acceptors (Lipinski definition) is 7. The van der Waals surface area contributed by atoms with Crippen LogP contribution in [0, 0.1) is 17.0 Å². The lowest BCUT2D eigenvalue weighted by atomic mass is 10.1. The van der Waals surface area contributed by atoms with Crippen LogP contribution in [0.25, 0.3) is 0 Å². The highest BCUT2D eigenvalue weighted by molar-refractivity contribution is 9.10. The van der Waals surface area contributed by atoms with Crippen molar-refractivity contribution >= 4 is 60.7 Å². The van der Waals surface area contributed by atoms with Crippen molar-refractivity contribution in [3.05, 3.63) is 91.4 Å². The number of sulfonamides is 1. The molecule has 2 amide bonds. The average molecular weight is 682 g/mol. The molecule has 42 heavy (non-hydrogen) atoms. The SMILES string of the molecule is CCNC(=O)[C@H](C)N(Cc1cccc(Br)c1)C(=O)CN(c1cc(Cl)ccc1OC)S(=O)(=O)c1ccc(C)c([N+](=O)[O-])c1. The van der Waals surface area contributed by atoms with E-state index in [9.17, 15) is 28.1 Å². The van der Waals surface area contributed by atoms with Crippen molar-refractivity contribution in [1.29, 1.82) is 0 Å². The molecule has 0 fully saturated rings. The average Bonchev–Trinajstić information content (AvgIpc) is 2.94. The Morgan fingerprint density at radius 2 is 1.86 bits per heavy atom. The summed E-state index contributed by atoms with van der Waals surface area (Å²) in [4.78, 5) is 38.6. The maximum atomic E-state index is 14.1. The van der Waals surface area contributed by atoms with Gasteiger partial charge in [-0.05, 0) is 62.7 Å². The molecule has 0 saturated carbocycles. The van der Waals surface area contributed by atoms with Gasteiger partial charge in [0.25, 0.3) is 15.7 Å². The molecule has 0 heterocycles. The molecule has 0 aliphatic rings. The van der Waals surface area contributed by atoms with Crippen LogP contribution < -0.4 is 14.4 Å². The molecule has 11 nitrogen and oxygen atoms in total. The fraction of sp³-hybridized carbons (Fsp3) is 0.286. The van der Waals surface area contributed by atoms with E-state index >= 15 is 0 Å². The lowest BCUT2D eigenvalue weighted by molar-refractivity contribution is -0.385. The van der Waals surface area contributed by atoms with Gasteiger partial charge in [0, 0.05) is 34.2 Å². The minimum atomic E-state index is -4.61. The quantitative estimate of drug-likeness (QED) is 0.208. The monoisotopic (exact) mass is 680 g/mol. The van der Waals surface area contributed by atoms with Crippen LogP contribution in [0.4, 0.5) is 11.4 Å². The van der Waals surface area contributed by atoms with Crippen LogP contribution in [-0.4, -0.2) is 56.3 Å². The van der Waals surface area contributed by atoms with Crippen LogP contribution in [0.5, 0.6) is 5.75 Å². The minimum Gasteiger partial charge on any atom is -0.495 e. The molecule has 0 unspecified atom stereocenters. The number of ether oxygens (including phenoxy) is 1. The summed E-state index contributed by atoms with van der Waals surface area (Å²) < 4.78 is 35.2. The number of carbonyl (C=O) groups is 2. The fourth-order valence-corrected chi connectivity index (χ4v) is 6.23. The van der Waals surface area contributed by atoms with Crippen LogP contribution in [0.15, 0.2) is 70.0 Å². The van der Waals surface area contributed by atoms with Crippen molar-refractivity contribution in [3.8, 4) is 5.75 Å². The number of halogens is 2. The first kappa shape index (κ1) is 32.8. The summed E-state index contributed by atoms with van der Waals surface area (Å²) in [7, 11) is -3.28. The second-order valence-corrected chi connectivity index (χ2v) is 12.5. The van der Waals surface area contributed by atoms with E-state index in [4.69, 9.17) is 16.3 Å². The van der Waals surface area contributed by atoms with Crippen molar-refractivity contribution in [2.75, 3.05) is 24.5 Å². The summed E-state index contributed by atoms with van der Waals surface area (Å²) in [5, 5.41) is 14.5. The van der Waals surface area contributed by atoms with Gasteiger partial charge in [-0.1, -0.05) is 45.7 Å². The van der Waals surface area contributed by atoms with Crippen molar-refractivity contribution < 1.29 is 27.7 Å². The summed E-state index contributed by atoms with van der Waals surface area (Å²) in [5.74, 6) is -1.04. The van der Waals surface area contributed by atoms with Gasteiger partial charge in [0.05, 0.1) is 22.6 Å². The van der Waals surface area contributed by atoms with E-state index in [1.165, 1.54) is 49.3 Å². The second kappa shape index (κ2) is 14.0. The maximum absolute atomic E-state index is 14.1. The standard InChI is InChI=1S/C28H30BrClN4O7S/c1-5-31-28(36)19(3)32(16-20-7-6-8-21(29)13-20)27(35)17-33(25-14-22(30)10-12-26(25)41-4)42(39,40)23-11-9-18(2)24(15-23)34(37)38/h6-15,19H,5,16-17H2,1-4H3,(H,31,36)/t19-/m0/s1. The molecule has 0 radical (unpaired) electrons. The first-order chi connectivity index (χ1) is 19.8. The molecule has 0 aliphatic heterocycles. The van der Waals surface area contributed by atoms with E-state index in [0.29, 0.717) is 12.1 Å². The smallest absolute Gasteiger partial charge is 0.273 e. The third-order valence-corrected chi connectivity index (χ3v) is 8.90. The van der Waals surface area contributed by atoms with Crippen LogP contribution in [-0.2, 0) is 26.2 Å². The number of amides is 2. The Hall–Kier alpha value is -3.68. The van der Waals surface area contributed by atoms with E-state index in [0.717, 1.165) is 14.8 Å². The molecule has 3 aromatic rings. The first-order valence-corrected chi connectivity index (χ1v) is 15.3. The van der Waals surface area contributed by atoms with Gasteiger partial charge in [-0.15, -0.1) is 0 Å². The predicted octanol–water partition coefficient (Wildman–Crippen LogP) is 5.08. The number of rotatable bonds is 12. The first-order valence-electron chi connectivity index (χ1n) is 12.7. The number of likely N-dealkylation sites (N-methyl/N-ethyl adjacent to an activating group) is 1. The van der Waals surface area contributed by atoms with Gasteiger partial charge >= 0.3 is 0 Å². The topological polar surface area (TPSA) is 139 Å². The van der Waals surface area contributed by atoms with Crippen LogP contribution >= 0.6 is 27.5 Å². The largest absolute Gasteiger partial charge is 0.495 e. The summed E-state index contributed by atoms with van der Waals surface area (Å²) >= 11 is 9.63. The maximum Gasteiger partial charge on any atom is 0.273 e. The van der Waals surface area contributed by atoms with Gasteiger partial charge < -0.3 is 15.0 Å². The Kier molecular flexibility index (Phi) is 10.9. The second-order valence-electron chi connectivity index (χ2n) is 9.26. The zero-order chi connectivity index (χ0) is 31.2. The number of hydrogen-bond donors (Lipinski definition) is 1. The predicted molar refractivity (Wildman–Crippen MR) is 163 cm³/mol. The Morgan fingerprint density at radius 3 is 2.48 bits per heavy atom. The summed E-state index contributed by atoms with van der Waals surface area (Å²) in [5.41, 5.74) is 0.492. The highest BCUT2D eigenvalue weighted by Crippen LogP contribution is 2.36. The number of anilines is 1. The molecule has 0 spiro atoms. The van der Waals surface area contributed by atoms with E-state index in [1.54, 1.807) is 32.0 Å². The fourth-order valence-electron chi connectivity index (χ4n) is 4.18. The lowest BCUT2D eigenvalue weighted by Crippen LogP contribution is -2.51. The van der Waals surface area contributed by atoms with Gasteiger partial charge in [0.1, 0.15) is 18.3 Å². The zero-order valence-corrected chi connectivity index (χ0v) is 26.5. The molecule has 3 aromatic carbocycles. The third-order valence-electron chi connectivity index (χ3n) is 6.41. The molecular formula is C28H30BrClN4O7S. The van der Waals surface area contributed by atoms with Crippen molar-refractivity contribution in [1.82, 2.24) is 10.2 Å². The van der Waals surface area contributed by atoms with Gasteiger partial charge in [-0.2, -0.15) is 0 Å².